The lowest BCUT2D eigenvalue weighted by molar-refractivity contribution is 1.10. The molecule has 0 radical (unpaired) electrons. The van der Waals surface area contributed by atoms with Crippen LogP contribution in [-0.4, -0.2) is 9.55 Å². The molecule has 0 unspecified atom stereocenters. The quantitative estimate of drug-likeness (QED) is 0.188. The first-order valence-corrected chi connectivity index (χ1v) is 14.4. The molecule has 0 aliphatic heterocycles. The van der Waals surface area contributed by atoms with E-state index in [1.165, 1.54) is 0 Å². The minimum atomic E-state index is -0.512. The fourth-order valence-electron chi connectivity index (χ4n) is 6.30. The van der Waals surface area contributed by atoms with Crippen LogP contribution in [0.25, 0.3) is 82.7 Å². The molecule has 0 saturated carbocycles. The van der Waals surface area contributed by atoms with Crippen LogP contribution in [0.1, 0.15) is 16.4 Å². The van der Waals surface area contributed by atoms with Crippen molar-refractivity contribution in [1.82, 2.24) is 9.55 Å². The third kappa shape index (κ3) is 4.07. The Kier molecular flexibility index (Phi) is 3.71. The predicted octanol–water partition coefficient (Wildman–Crippen LogP) is 11.5. The molecule has 9 aromatic rings. The maximum Gasteiger partial charge on any atom is 0.145 e. The van der Waals surface area contributed by atoms with Crippen molar-refractivity contribution in [2.24, 2.45) is 0 Å². The minimum Gasteiger partial charge on any atom is -0.292 e. The number of fused-ring (bicyclic) bond motifs is 4. The molecule has 0 spiro atoms. The lowest BCUT2D eigenvalue weighted by atomic mass is 9.85. The fourth-order valence-corrected chi connectivity index (χ4v) is 6.30. The molecular weight excluding hydrogens is 544 g/mol. The molecule has 0 N–H and O–H groups in total. The number of hydrogen-bond donors (Lipinski definition) is 0. The zero-order valence-electron chi connectivity index (χ0n) is 35.6. The van der Waals surface area contributed by atoms with E-state index in [4.69, 9.17) is 20.1 Å². The fraction of sp³-hybridized carbons (Fsp3) is 0. The Bertz CT molecular complexity index is 3120. The molecule has 210 valence electrons. The van der Waals surface area contributed by atoms with Crippen LogP contribution in [0, 0.1) is 0 Å². The van der Waals surface area contributed by atoms with Gasteiger partial charge in [-0.15, -0.1) is 0 Å². The summed E-state index contributed by atoms with van der Waals surface area (Å²) < 4.78 is 105. The van der Waals surface area contributed by atoms with Crippen LogP contribution in [0.3, 0.4) is 0 Å². The number of aromatic nitrogens is 2. The van der Waals surface area contributed by atoms with Gasteiger partial charge in [0.2, 0.25) is 0 Å². The lowest BCUT2D eigenvalue weighted by Gasteiger charge is -2.19. The second-order valence-corrected chi connectivity index (χ2v) is 10.6. The Hall–Kier alpha value is -5.99. The smallest absolute Gasteiger partial charge is 0.145 e. The van der Waals surface area contributed by atoms with Crippen LogP contribution in [0.2, 0.25) is 0 Å². The van der Waals surface area contributed by atoms with Gasteiger partial charge >= 0.3 is 0 Å². The summed E-state index contributed by atoms with van der Waals surface area (Å²) in [6.45, 7) is 0. The predicted molar refractivity (Wildman–Crippen MR) is 190 cm³/mol. The maximum absolute atomic E-state index is 9.18. The highest BCUT2D eigenvalue weighted by atomic mass is 15.1. The summed E-state index contributed by atoms with van der Waals surface area (Å²) in [7, 11) is 0. The van der Waals surface area contributed by atoms with Crippen LogP contribution in [0.5, 0.6) is 0 Å². The Morgan fingerprint density at radius 1 is 0.467 bits per heavy atom. The van der Waals surface area contributed by atoms with E-state index in [2.05, 4.69) is 0 Å². The first kappa shape index (κ1) is 16.2. The molecule has 8 aromatic carbocycles. The average Bonchev–Trinajstić information content (AvgIpc) is 3.61. The standard InChI is InChI=1S/C43H28N2/c1-2-14-31(15-3-1)43-44-39-23-10-11-24-40(39)45(43)32-27-25-30(26-28-32)41-35-18-6-8-20-37(35)42(38-21-9-7-19-36(38)41)34-22-12-16-29-13-4-5-17-33(29)34/h1-28H/i1D,2D,3D,4D,5D,12D,13D,14D,15D,16D,17D,22D. The number of hydrogen-bond acceptors (Lipinski definition) is 1. The van der Waals surface area contributed by atoms with Gasteiger partial charge in [-0.1, -0.05) is 145 Å². The van der Waals surface area contributed by atoms with E-state index >= 15 is 0 Å². The molecule has 9 rings (SSSR count). The van der Waals surface area contributed by atoms with Gasteiger partial charge in [0.1, 0.15) is 5.82 Å². The number of para-hydroxylation sites is 2. The molecule has 2 heteroatoms. The van der Waals surface area contributed by atoms with E-state index in [0.717, 1.165) is 21.9 Å². The van der Waals surface area contributed by atoms with Crippen LogP contribution in [0.4, 0.5) is 0 Å². The van der Waals surface area contributed by atoms with Crippen molar-refractivity contribution < 1.29 is 16.4 Å². The largest absolute Gasteiger partial charge is 0.292 e. The summed E-state index contributed by atoms with van der Waals surface area (Å²) in [6, 6.07) is 24.9. The van der Waals surface area contributed by atoms with Gasteiger partial charge in [-0.05, 0) is 78.8 Å². The van der Waals surface area contributed by atoms with Gasteiger partial charge < -0.3 is 0 Å². The van der Waals surface area contributed by atoms with Crippen molar-refractivity contribution in [3.8, 4) is 39.3 Å². The molecule has 1 aromatic heterocycles. The molecule has 2 nitrogen and oxygen atoms in total. The highest BCUT2D eigenvalue weighted by molar-refractivity contribution is 6.23. The second-order valence-electron chi connectivity index (χ2n) is 10.6. The van der Waals surface area contributed by atoms with E-state index in [-0.39, 0.29) is 51.9 Å². The second kappa shape index (κ2) is 10.3. The van der Waals surface area contributed by atoms with Gasteiger partial charge in [0.15, 0.2) is 0 Å². The highest BCUT2D eigenvalue weighted by Crippen LogP contribution is 2.45. The van der Waals surface area contributed by atoms with Gasteiger partial charge in [-0.3, -0.25) is 4.57 Å². The Balaban J connectivity index is 1.32. The normalized spacial score (nSPS) is 15.3. The number of rotatable bonds is 4. The van der Waals surface area contributed by atoms with E-state index in [1.54, 1.807) is 10.6 Å². The molecule has 0 fully saturated rings. The van der Waals surface area contributed by atoms with Gasteiger partial charge in [-0.2, -0.15) is 0 Å². The maximum atomic E-state index is 9.18. The molecular formula is C43H28N2. The molecule has 0 amide bonds. The summed E-state index contributed by atoms with van der Waals surface area (Å²) in [5.74, 6) is 0.199. The summed E-state index contributed by atoms with van der Waals surface area (Å²) in [5.41, 5.74) is 4.20. The van der Waals surface area contributed by atoms with Crippen LogP contribution >= 0.6 is 0 Å². The third-order valence-electron chi connectivity index (χ3n) is 8.19. The SMILES string of the molecule is [2H]c1c([2H])c([2H])c(-c2nc3ccccc3n2-c2ccc(-c3c4ccccc4c(-c4c([2H])c([2H])c([2H])c5c([2H])c([2H])c([2H])c([2H])c45)c4ccccc34)cc2)c([2H])c1[2H]. The molecule has 1 heterocycles. The topological polar surface area (TPSA) is 17.8 Å². The van der Waals surface area contributed by atoms with Crippen molar-refractivity contribution in [3.05, 3.63) is 170 Å². The van der Waals surface area contributed by atoms with Gasteiger partial charge in [0.05, 0.1) is 27.5 Å². The molecule has 45 heavy (non-hydrogen) atoms. The third-order valence-corrected chi connectivity index (χ3v) is 8.19. The van der Waals surface area contributed by atoms with E-state index in [9.17, 15) is 1.37 Å². The van der Waals surface area contributed by atoms with Gasteiger partial charge in [-0.25, -0.2) is 4.98 Å². The van der Waals surface area contributed by atoms with E-state index in [0.29, 0.717) is 33.1 Å². The van der Waals surface area contributed by atoms with Crippen molar-refractivity contribution >= 4 is 43.4 Å². The first-order chi connectivity index (χ1) is 27.3. The number of imidazole rings is 1. The van der Waals surface area contributed by atoms with Crippen LogP contribution < -0.4 is 0 Å². The van der Waals surface area contributed by atoms with Gasteiger partial charge in [0.25, 0.3) is 0 Å². The van der Waals surface area contributed by atoms with Crippen LogP contribution in [0.15, 0.2) is 170 Å². The highest BCUT2D eigenvalue weighted by Gasteiger charge is 2.19. The van der Waals surface area contributed by atoms with E-state index < -0.39 is 48.3 Å². The Labute approximate surface area is 278 Å². The zero-order valence-corrected chi connectivity index (χ0v) is 23.6. The van der Waals surface area contributed by atoms with Crippen LogP contribution in [-0.2, 0) is 0 Å². The van der Waals surface area contributed by atoms with Crippen molar-refractivity contribution in [2.45, 2.75) is 0 Å². The molecule has 0 atom stereocenters. The van der Waals surface area contributed by atoms with Crippen molar-refractivity contribution in [3.63, 3.8) is 0 Å². The number of benzene rings is 8. The van der Waals surface area contributed by atoms with E-state index in [1.807, 2.05) is 91.0 Å². The average molecular weight is 585 g/mol. The number of nitrogens with zero attached hydrogens (tertiary/aromatic N) is 2. The Morgan fingerprint density at radius 3 is 1.80 bits per heavy atom. The summed E-state index contributed by atoms with van der Waals surface area (Å²) in [4.78, 5) is 4.76. The van der Waals surface area contributed by atoms with Crippen molar-refractivity contribution in [2.75, 3.05) is 0 Å². The van der Waals surface area contributed by atoms with Crippen molar-refractivity contribution in [1.29, 1.82) is 0 Å². The monoisotopic (exact) mass is 584 g/mol. The summed E-state index contributed by atoms with van der Waals surface area (Å²) >= 11 is 0. The minimum absolute atomic E-state index is 0.0156. The molecule has 0 bridgehead atoms. The first-order valence-electron chi connectivity index (χ1n) is 20.4. The molecule has 0 saturated heterocycles. The summed E-state index contributed by atoms with van der Waals surface area (Å²) in [6.07, 6.45) is 0. The zero-order chi connectivity index (χ0) is 40.2. The Morgan fingerprint density at radius 2 is 1.07 bits per heavy atom. The molecule has 0 aliphatic carbocycles. The van der Waals surface area contributed by atoms with Gasteiger partial charge in [0, 0.05) is 11.3 Å². The summed E-state index contributed by atoms with van der Waals surface area (Å²) in [5, 5.41) is 2.82. The molecule has 0 aliphatic rings. The lowest BCUT2D eigenvalue weighted by Crippen LogP contribution is -1.98.